The summed E-state index contributed by atoms with van der Waals surface area (Å²) in [6.07, 6.45) is 5.67. The van der Waals surface area contributed by atoms with E-state index in [0.29, 0.717) is 0 Å². The van der Waals surface area contributed by atoms with Crippen molar-refractivity contribution in [3.05, 3.63) is 77.4 Å². The Morgan fingerprint density at radius 1 is 1.18 bits per heavy atom. The molecule has 1 N–H and O–H groups in total. The minimum atomic E-state index is -0.492. The van der Waals surface area contributed by atoms with E-state index < -0.39 is 5.25 Å². The summed E-state index contributed by atoms with van der Waals surface area (Å²) in [4.78, 5) is 17.4. The van der Waals surface area contributed by atoms with E-state index in [2.05, 4.69) is 42.3 Å². The molecule has 6 heteroatoms. The van der Waals surface area contributed by atoms with Gasteiger partial charge < -0.3 is 5.32 Å². The number of halogens is 1. The molecule has 1 fully saturated rings. The number of imidazole rings is 1. The second-order valence-electron chi connectivity index (χ2n) is 7.26. The van der Waals surface area contributed by atoms with Crippen LogP contribution in [0.4, 0.5) is 4.39 Å². The number of nitrogens with one attached hydrogen (secondary N) is 1. The number of hydrogen-bond acceptors (Lipinski definition) is 3. The highest BCUT2D eigenvalue weighted by Gasteiger charge is 2.30. The van der Waals surface area contributed by atoms with Crippen molar-refractivity contribution in [2.24, 2.45) is 0 Å². The van der Waals surface area contributed by atoms with E-state index in [-0.39, 0.29) is 17.8 Å². The second kappa shape index (κ2) is 7.80. The number of amides is 1. The Morgan fingerprint density at radius 2 is 1.86 bits per heavy atom. The molecule has 0 spiro atoms. The lowest BCUT2D eigenvalue weighted by molar-refractivity contribution is -0.120. The van der Waals surface area contributed by atoms with Gasteiger partial charge in [0.1, 0.15) is 11.1 Å². The molecule has 0 saturated heterocycles. The van der Waals surface area contributed by atoms with Crippen LogP contribution in [0.3, 0.4) is 0 Å². The zero-order chi connectivity index (χ0) is 19.7. The number of aryl methyl sites for hydroxylation is 2. The van der Waals surface area contributed by atoms with Crippen molar-refractivity contribution < 1.29 is 9.18 Å². The van der Waals surface area contributed by atoms with Crippen LogP contribution in [-0.2, 0) is 4.79 Å². The summed E-state index contributed by atoms with van der Waals surface area (Å²) in [5, 5.41) is 3.30. The van der Waals surface area contributed by atoms with Gasteiger partial charge in [0.05, 0.1) is 0 Å². The van der Waals surface area contributed by atoms with E-state index in [1.54, 1.807) is 18.3 Å². The summed E-state index contributed by atoms with van der Waals surface area (Å²) in [5.41, 5.74) is 4.11. The summed E-state index contributed by atoms with van der Waals surface area (Å²) in [6.45, 7) is 4.12. The Kier molecular flexibility index (Phi) is 5.22. The molecule has 4 rings (SSSR count). The molecule has 0 bridgehead atoms. The number of hydrogen-bond donors (Lipinski definition) is 1. The molecule has 28 heavy (non-hydrogen) atoms. The monoisotopic (exact) mass is 395 g/mol. The third-order valence-corrected chi connectivity index (χ3v) is 5.88. The first-order valence-electron chi connectivity index (χ1n) is 9.34. The Bertz CT molecular complexity index is 975. The van der Waals surface area contributed by atoms with Crippen LogP contribution >= 0.6 is 11.8 Å². The highest BCUT2D eigenvalue weighted by Crippen LogP contribution is 2.36. The van der Waals surface area contributed by atoms with Gasteiger partial charge in [0.25, 0.3) is 0 Å². The van der Waals surface area contributed by atoms with Crippen LogP contribution in [0.5, 0.6) is 0 Å². The molecule has 1 heterocycles. The third-order valence-electron chi connectivity index (χ3n) is 4.65. The number of thioether (sulfide) groups is 1. The molecule has 1 aliphatic rings. The van der Waals surface area contributed by atoms with E-state index in [9.17, 15) is 9.18 Å². The van der Waals surface area contributed by atoms with Gasteiger partial charge >= 0.3 is 0 Å². The van der Waals surface area contributed by atoms with Gasteiger partial charge in [-0.15, -0.1) is 0 Å². The molecule has 1 atom stereocenters. The number of aromatic nitrogens is 2. The first kappa shape index (κ1) is 18.7. The lowest BCUT2D eigenvalue weighted by atomic mass is 10.1. The molecule has 3 aromatic rings. The van der Waals surface area contributed by atoms with Crippen LogP contribution in [0.2, 0.25) is 0 Å². The zero-order valence-electron chi connectivity index (χ0n) is 15.9. The van der Waals surface area contributed by atoms with E-state index in [1.807, 2.05) is 10.8 Å². The molecule has 1 aliphatic carbocycles. The average Bonchev–Trinajstić information content (AvgIpc) is 3.34. The number of carbonyl (C=O) groups excluding carboxylic acids is 1. The second-order valence-corrected chi connectivity index (χ2v) is 8.33. The van der Waals surface area contributed by atoms with Crippen molar-refractivity contribution >= 4 is 17.7 Å². The predicted octanol–water partition coefficient (Wildman–Crippen LogP) is 4.74. The molecule has 1 amide bonds. The van der Waals surface area contributed by atoms with E-state index >= 15 is 0 Å². The maximum absolute atomic E-state index is 13.4. The van der Waals surface area contributed by atoms with Gasteiger partial charge in [-0.05, 0) is 67.6 Å². The van der Waals surface area contributed by atoms with Crippen LogP contribution in [0, 0.1) is 19.7 Å². The maximum Gasteiger partial charge on any atom is 0.238 e. The molecule has 0 aliphatic heterocycles. The van der Waals surface area contributed by atoms with Crippen molar-refractivity contribution in [1.82, 2.24) is 14.9 Å². The van der Waals surface area contributed by atoms with Gasteiger partial charge in [0.15, 0.2) is 5.16 Å². The number of nitrogens with zero attached hydrogens (tertiary/aromatic N) is 2. The van der Waals surface area contributed by atoms with E-state index in [0.717, 1.165) is 29.2 Å². The van der Waals surface area contributed by atoms with E-state index in [1.165, 1.54) is 35.0 Å². The lowest BCUT2D eigenvalue weighted by Crippen LogP contribution is -2.30. The largest absolute Gasteiger partial charge is 0.352 e. The molecule has 0 radical (unpaired) electrons. The number of carbonyl (C=O) groups is 1. The standard InChI is InChI=1S/C22H22FN3OS/c1-14-11-15(2)13-19(12-14)26-10-9-24-22(26)28-20(21(27)25-18-7-8-18)16-3-5-17(23)6-4-16/h3-6,9-13,18,20H,7-8H2,1-2H3,(H,25,27). The smallest absolute Gasteiger partial charge is 0.238 e. The summed E-state index contributed by atoms with van der Waals surface area (Å²) in [5.74, 6) is -0.374. The summed E-state index contributed by atoms with van der Waals surface area (Å²) in [7, 11) is 0. The third kappa shape index (κ3) is 4.28. The minimum absolute atomic E-state index is 0.0610. The fourth-order valence-electron chi connectivity index (χ4n) is 3.18. The van der Waals surface area contributed by atoms with Crippen molar-refractivity contribution in [1.29, 1.82) is 0 Å². The summed E-state index contributed by atoms with van der Waals surface area (Å²) < 4.78 is 15.4. The lowest BCUT2D eigenvalue weighted by Gasteiger charge is -2.18. The zero-order valence-corrected chi connectivity index (χ0v) is 16.7. The van der Waals surface area contributed by atoms with Crippen LogP contribution in [-0.4, -0.2) is 21.5 Å². The quantitative estimate of drug-likeness (QED) is 0.613. The van der Waals surface area contributed by atoms with Crippen molar-refractivity contribution in [2.75, 3.05) is 0 Å². The topological polar surface area (TPSA) is 46.9 Å². The maximum atomic E-state index is 13.4. The Balaban J connectivity index is 1.66. The fourth-order valence-corrected chi connectivity index (χ4v) is 4.26. The van der Waals surface area contributed by atoms with Crippen molar-refractivity contribution in [3.63, 3.8) is 0 Å². The Labute approximate surface area is 168 Å². The van der Waals surface area contributed by atoms with Crippen molar-refractivity contribution in [2.45, 2.75) is 43.1 Å². The van der Waals surface area contributed by atoms with Gasteiger partial charge in [-0.25, -0.2) is 9.37 Å². The highest BCUT2D eigenvalue weighted by molar-refractivity contribution is 8.00. The first-order valence-corrected chi connectivity index (χ1v) is 10.2. The highest BCUT2D eigenvalue weighted by atomic mass is 32.2. The van der Waals surface area contributed by atoms with Crippen LogP contribution in [0.1, 0.15) is 34.8 Å². The van der Waals surface area contributed by atoms with Crippen LogP contribution in [0.15, 0.2) is 60.0 Å². The van der Waals surface area contributed by atoms with E-state index in [4.69, 9.17) is 0 Å². The SMILES string of the molecule is Cc1cc(C)cc(-n2ccnc2SC(C(=O)NC2CC2)c2ccc(F)cc2)c1. The first-order chi connectivity index (χ1) is 13.5. The Morgan fingerprint density at radius 3 is 2.50 bits per heavy atom. The summed E-state index contributed by atoms with van der Waals surface area (Å²) in [6, 6.07) is 12.7. The average molecular weight is 396 g/mol. The molecule has 4 nitrogen and oxygen atoms in total. The predicted molar refractivity (Wildman–Crippen MR) is 109 cm³/mol. The molecule has 2 aromatic carbocycles. The van der Waals surface area contributed by atoms with Crippen molar-refractivity contribution in [3.8, 4) is 5.69 Å². The van der Waals surface area contributed by atoms with Gasteiger partial charge in [0, 0.05) is 24.1 Å². The molecular weight excluding hydrogens is 373 g/mol. The van der Waals surface area contributed by atoms with Crippen LogP contribution in [0.25, 0.3) is 5.69 Å². The van der Waals surface area contributed by atoms with Gasteiger partial charge in [-0.1, -0.05) is 30.0 Å². The van der Waals surface area contributed by atoms with Crippen LogP contribution < -0.4 is 5.32 Å². The molecule has 1 unspecified atom stereocenters. The molecular formula is C22H22FN3OS. The van der Waals surface area contributed by atoms with Gasteiger partial charge in [-0.3, -0.25) is 9.36 Å². The normalized spacial score (nSPS) is 14.7. The molecule has 144 valence electrons. The summed E-state index contributed by atoms with van der Waals surface area (Å²) >= 11 is 1.38. The molecule has 1 saturated carbocycles. The van der Waals surface area contributed by atoms with Gasteiger partial charge in [0.2, 0.25) is 5.91 Å². The number of benzene rings is 2. The fraction of sp³-hybridized carbons (Fsp3) is 0.273. The Hall–Kier alpha value is -2.60. The molecule has 1 aromatic heterocycles. The van der Waals surface area contributed by atoms with Gasteiger partial charge in [-0.2, -0.15) is 0 Å². The minimum Gasteiger partial charge on any atom is -0.352 e. The number of rotatable bonds is 6.